The highest BCUT2D eigenvalue weighted by Crippen LogP contribution is 2.23. The summed E-state index contributed by atoms with van der Waals surface area (Å²) < 4.78 is 0. The molecule has 2 aromatic rings. The van der Waals surface area contributed by atoms with Crippen molar-refractivity contribution in [2.75, 3.05) is 0 Å². The zero-order valence-corrected chi connectivity index (χ0v) is 10.3. The van der Waals surface area contributed by atoms with Crippen LogP contribution in [0.3, 0.4) is 0 Å². The molecule has 2 N–H and O–H groups in total. The molecule has 0 aliphatic heterocycles. The molecule has 0 spiro atoms. The summed E-state index contributed by atoms with van der Waals surface area (Å²) >= 11 is 0. The van der Waals surface area contributed by atoms with Gasteiger partial charge in [0.15, 0.2) is 0 Å². The topological polar surface area (TPSA) is 74.6 Å². The van der Waals surface area contributed by atoms with E-state index in [1.54, 1.807) is 37.3 Å². The molecule has 0 radical (unpaired) electrons. The summed E-state index contributed by atoms with van der Waals surface area (Å²) in [7, 11) is 0. The van der Waals surface area contributed by atoms with Gasteiger partial charge in [0.25, 0.3) is 0 Å². The molecule has 0 bridgehead atoms. The number of carboxylic acids is 2. The molecule has 4 nitrogen and oxygen atoms in total. The number of aryl methyl sites for hydroxylation is 1. The molecule has 4 heteroatoms. The van der Waals surface area contributed by atoms with Crippen LogP contribution in [0.25, 0.3) is 11.1 Å². The zero-order valence-electron chi connectivity index (χ0n) is 10.3. The number of hydrogen-bond donors (Lipinski definition) is 2. The van der Waals surface area contributed by atoms with Gasteiger partial charge in [-0.1, -0.05) is 24.3 Å². The summed E-state index contributed by atoms with van der Waals surface area (Å²) in [6.45, 7) is 1.72. The largest absolute Gasteiger partial charge is 0.478 e. The molecule has 19 heavy (non-hydrogen) atoms. The predicted octanol–water partition coefficient (Wildman–Crippen LogP) is 3.06. The van der Waals surface area contributed by atoms with Crippen LogP contribution >= 0.6 is 0 Å². The monoisotopic (exact) mass is 256 g/mol. The molecular weight excluding hydrogens is 244 g/mol. The lowest BCUT2D eigenvalue weighted by Crippen LogP contribution is -2.00. The molecule has 0 aliphatic carbocycles. The number of benzene rings is 2. The Labute approximate surface area is 109 Å². The highest BCUT2D eigenvalue weighted by Gasteiger charge is 2.10. The van der Waals surface area contributed by atoms with Crippen LogP contribution in [0.4, 0.5) is 0 Å². The molecule has 0 unspecified atom stereocenters. The third-order valence-corrected chi connectivity index (χ3v) is 2.91. The number of rotatable bonds is 3. The van der Waals surface area contributed by atoms with Crippen LogP contribution in [-0.2, 0) is 0 Å². The van der Waals surface area contributed by atoms with Gasteiger partial charge in [-0.25, -0.2) is 9.59 Å². The summed E-state index contributed by atoms with van der Waals surface area (Å²) in [6.07, 6.45) is 0. The molecule has 2 aromatic carbocycles. The van der Waals surface area contributed by atoms with Gasteiger partial charge in [0, 0.05) is 0 Å². The van der Waals surface area contributed by atoms with E-state index in [-0.39, 0.29) is 11.1 Å². The summed E-state index contributed by atoms with van der Waals surface area (Å²) in [6, 6.07) is 11.5. The zero-order chi connectivity index (χ0) is 14.0. The lowest BCUT2D eigenvalue weighted by molar-refractivity contribution is 0.0685. The van der Waals surface area contributed by atoms with Gasteiger partial charge in [0.05, 0.1) is 11.1 Å². The van der Waals surface area contributed by atoms with Crippen molar-refractivity contribution in [2.45, 2.75) is 6.92 Å². The Morgan fingerprint density at radius 1 is 0.895 bits per heavy atom. The quantitative estimate of drug-likeness (QED) is 0.885. The third kappa shape index (κ3) is 2.63. The molecule has 0 atom stereocenters. The van der Waals surface area contributed by atoms with Crippen LogP contribution < -0.4 is 0 Å². The first-order valence-electron chi connectivity index (χ1n) is 5.66. The summed E-state index contributed by atoms with van der Waals surface area (Å²) in [5.41, 5.74) is 2.44. The molecular formula is C15H12O4. The molecule has 0 fully saturated rings. The SMILES string of the molecule is Cc1ccc(-c2cccc(C(=O)O)c2)cc1C(=O)O. The van der Waals surface area contributed by atoms with Crippen LogP contribution in [0.15, 0.2) is 42.5 Å². The minimum atomic E-state index is -1.01. The van der Waals surface area contributed by atoms with Gasteiger partial charge < -0.3 is 10.2 Å². The number of carboxylic acid groups (broad SMARTS) is 2. The van der Waals surface area contributed by atoms with E-state index < -0.39 is 11.9 Å². The summed E-state index contributed by atoms with van der Waals surface area (Å²) in [4.78, 5) is 22.0. The molecule has 0 saturated heterocycles. The van der Waals surface area contributed by atoms with Crippen molar-refractivity contribution in [1.29, 1.82) is 0 Å². The average molecular weight is 256 g/mol. The average Bonchev–Trinajstić information content (AvgIpc) is 2.39. The summed E-state index contributed by atoms with van der Waals surface area (Å²) in [5.74, 6) is -2.00. The Morgan fingerprint density at radius 2 is 1.58 bits per heavy atom. The van der Waals surface area contributed by atoms with Crippen molar-refractivity contribution in [1.82, 2.24) is 0 Å². The van der Waals surface area contributed by atoms with Gasteiger partial charge in [-0.15, -0.1) is 0 Å². The second-order valence-electron chi connectivity index (χ2n) is 4.22. The van der Waals surface area contributed by atoms with Crippen LogP contribution in [0.2, 0.25) is 0 Å². The molecule has 96 valence electrons. The number of aromatic carboxylic acids is 2. The number of carbonyl (C=O) groups is 2. The molecule has 0 aliphatic rings. The van der Waals surface area contributed by atoms with Gasteiger partial charge in [-0.3, -0.25) is 0 Å². The minimum absolute atomic E-state index is 0.176. The van der Waals surface area contributed by atoms with Crippen molar-refractivity contribution in [3.8, 4) is 11.1 Å². The lowest BCUT2D eigenvalue weighted by Gasteiger charge is -2.06. The van der Waals surface area contributed by atoms with Gasteiger partial charge in [-0.05, 0) is 41.8 Å². The molecule has 0 heterocycles. The Balaban J connectivity index is 2.53. The van der Waals surface area contributed by atoms with Crippen molar-refractivity contribution in [3.63, 3.8) is 0 Å². The van der Waals surface area contributed by atoms with E-state index in [0.29, 0.717) is 16.7 Å². The Morgan fingerprint density at radius 3 is 2.21 bits per heavy atom. The van der Waals surface area contributed by atoms with E-state index in [2.05, 4.69) is 0 Å². The minimum Gasteiger partial charge on any atom is -0.478 e. The van der Waals surface area contributed by atoms with Gasteiger partial charge >= 0.3 is 11.9 Å². The fraction of sp³-hybridized carbons (Fsp3) is 0.0667. The van der Waals surface area contributed by atoms with Crippen LogP contribution in [-0.4, -0.2) is 22.2 Å². The van der Waals surface area contributed by atoms with Crippen molar-refractivity contribution in [3.05, 3.63) is 59.2 Å². The Bertz CT molecular complexity index is 659. The maximum atomic E-state index is 11.1. The van der Waals surface area contributed by atoms with Crippen molar-refractivity contribution < 1.29 is 19.8 Å². The Hall–Kier alpha value is -2.62. The molecule has 0 saturated carbocycles. The van der Waals surface area contributed by atoms with Crippen molar-refractivity contribution >= 4 is 11.9 Å². The smallest absolute Gasteiger partial charge is 0.335 e. The molecule has 2 rings (SSSR count). The van der Waals surface area contributed by atoms with Crippen LogP contribution in [0.5, 0.6) is 0 Å². The van der Waals surface area contributed by atoms with E-state index in [1.165, 1.54) is 12.1 Å². The fourth-order valence-electron chi connectivity index (χ4n) is 1.86. The Kier molecular flexibility index (Phi) is 3.33. The predicted molar refractivity (Wildman–Crippen MR) is 70.5 cm³/mol. The molecule has 0 aromatic heterocycles. The second-order valence-corrected chi connectivity index (χ2v) is 4.22. The third-order valence-electron chi connectivity index (χ3n) is 2.91. The van der Waals surface area contributed by atoms with Crippen LogP contribution in [0, 0.1) is 6.92 Å². The highest BCUT2D eigenvalue weighted by molar-refractivity contribution is 5.92. The van der Waals surface area contributed by atoms with Gasteiger partial charge in [0.2, 0.25) is 0 Å². The first-order valence-corrected chi connectivity index (χ1v) is 5.66. The first-order chi connectivity index (χ1) is 8.99. The van der Waals surface area contributed by atoms with E-state index >= 15 is 0 Å². The maximum Gasteiger partial charge on any atom is 0.335 e. The normalized spacial score (nSPS) is 10.2. The maximum absolute atomic E-state index is 11.1. The van der Waals surface area contributed by atoms with Crippen LogP contribution in [0.1, 0.15) is 26.3 Å². The second kappa shape index (κ2) is 4.94. The van der Waals surface area contributed by atoms with Gasteiger partial charge in [-0.2, -0.15) is 0 Å². The van der Waals surface area contributed by atoms with E-state index in [1.807, 2.05) is 0 Å². The molecule has 0 amide bonds. The van der Waals surface area contributed by atoms with Gasteiger partial charge in [0.1, 0.15) is 0 Å². The lowest BCUT2D eigenvalue weighted by atomic mass is 9.98. The standard InChI is InChI=1S/C15H12O4/c1-9-5-6-11(8-13(9)15(18)19)10-3-2-4-12(7-10)14(16)17/h2-8H,1H3,(H,16,17)(H,18,19). The summed E-state index contributed by atoms with van der Waals surface area (Å²) in [5, 5.41) is 18.0. The van der Waals surface area contributed by atoms with E-state index in [0.717, 1.165) is 0 Å². The van der Waals surface area contributed by atoms with Crippen molar-refractivity contribution in [2.24, 2.45) is 0 Å². The van der Waals surface area contributed by atoms with E-state index in [9.17, 15) is 9.59 Å². The highest BCUT2D eigenvalue weighted by atomic mass is 16.4. The fourth-order valence-corrected chi connectivity index (χ4v) is 1.86. The number of hydrogen-bond acceptors (Lipinski definition) is 2. The van der Waals surface area contributed by atoms with E-state index in [4.69, 9.17) is 10.2 Å². The first kappa shape index (κ1) is 12.8.